The minimum Gasteiger partial charge on any atom is -0.384 e. The van der Waals surface area contributed by atoms with E-state index in [0.717, 1.165) is 24.8 Å². The van der Waals surface area contributed by atoms with Crippen molar-refractivity contribution in [3.63, 3.8) is 0 Å². The zero-order chi connectivity index (χ0) is 34.6. The maximum absolute atomic E-state index is 14.6. The van der Waals surface area contributed by atoms with Crippen molar-refractivity contribution < 1.29 is 19.8 Å². The van der Waals surface area contributed by atoms with E-state index in [2.05, 4.69) is 57.5 Å². The molecule has 2 aromatic rings. The Morgan fingerprint density at radius 2 is 1.75 bits per heavy atom. The number of allylic oxidation sites excluding steroid dienone is 2. The molecule has 2 aliphatic heterocycles. The first-order chi connectivity index (χ1) is 22.9. The minimum absolute atomic E-state index is 0.0198. The number of aromatic amines is 1. The Morgan fingerprint density at radius 3 is 2.46 bits per heavy atom. The van der Waals surface area contributed by atoms with E-state index in [1.54, 1.807) is 12.4 Å². The smallest absolute Gasteiger partial charge is 0.274 e. The topological polar surface area (TPSA) is 246 Å². The summed E-state index contributed by atoms with van der Waals surface area (Å²) in [5, 5.41) is 32.5. The molecule has 0 radical (unpaired) electrons. The number of nitrogens with one attached hydrogen (secondary N) is 3. The summed E-state index contributed by atoms with van der Waals surface area (Å²) in [5.41, 5.74) is 19.2. The van der Waals surface area contributed by atoms with E-state index in [1.165, 1.54) is 0 Å². The van der Waals surface area contributed by atoms with Crippen molar-refractivity contribution >= 4 is 66.5 Å². The Kier molecular flexibility index (Phi) is 10.9. The lowest BCUT2D eigenvalue weighted by Crippen LogP contribution is -2.61. The molecule has 1 aliphatic carbocycles. The number of carbonyl (C=O) groups excluding carboxylic acids is 2. The molecule has 13 N–H and O–H groups in total. The number of benzene rings is 1. The fourth-order valence-electron chi connectivity index (χ4n) is 6.85. The van der Waals surface area contributed by atoms with Crippen LogP contribution in [0, 0.1) is 11.8 Å². The average Bonchev–Trinajstić information content (AvgIpc) is 3.66. The Balaban J connectivity index is 1.54. The standard InChI is InChI=1S/C32H42Br2N10O4/c33-19-5-7-21-18(16-42-24(21)13-19)15-31(47)26(23-17-43-25-14-20(34)6-8-22(23)25)32(48,27(45)39-9-1-2-10-40-29(35)36)44(28(31)46)12-4-3-11-41-30(37)38/h5-8,13-14,16-17,22,25-26,42-43,47-48H,1-4,9-12,15H2,(H,39,45)(H4,35,36,40)(H4,37,38,41)/t22?,25?,26-,31+,32+/m1/s1. The predicted octanol–water partition coefficient (Wildman–Crippen LogP) is 0.895. The van der Waals surface area contributed by atoms with E-state index in [9.17, 15) is 19.8 Å². The summed E-state index contributed by atoms with van der Waals surface area (Å²) >= 11 is 7.01. The van der Waals surface area contributed by atoms with Crippen LogP contribution in [-0.2, 0) is 16.0 Å². The lowest BCUT2D eigenvalue weighted by molar-refractivity contribution is -0.170. The molecule has 14 nitrogen and oxygen atoms in total. The second kappa shape index (κ2) is 14.7. The van der Waals surface area contributed by atoms with Crippen LogP contribution in [0.25, 0.3) is 10.9 Å². The maximum Gasteiger partial charge on any atom is 0.274 e. The van der Waals surface area contributed by atoms with E-state index >= 15 is 0 Å². The number of aliphatic imine (C=N–C) groups is 2. The van der Waals surface area contributed by atoms with Gasteiger partial charge in [0.15, 0.2) is 17.5 Å². The lowest BCUT2D eigenvalue weighted by atomic mass is 9.70. The number of aliphatic hydroxyl groups is 2. The molecule has 1 fully saturated rings. The number of rotatable bonds is 14. The first kappa shape index (κ1) is 35.4. The van der Waals surface area contributed by atoms with Crippen molar-refractivity contribution in [3.05, 3.63) is 68.9 Å². The van der Waals surface area contributed by atoms with E-state index in [4.69, 9.17) is 22.9 Å². The third-order valence-corrected chi connectivity index (χ3v) is 10.1. The van der Waals surface area contributed by atoms with Gasteiger partial charge >= 0.3 is 0 Å². The number of halogens is 2. The molecule has 1 aromatic heterocycles. The van der Waals surface area contributed by atoms with Crippen molar-refractivity contribution in [2.24, 2.45) is 44.8 Å². The van der Waals surface area contributed by atoms with Crippen LogP contribution in [0.15, 0.2) is 73.3 Å². The summed E-state index contributed by atoms with van der Waals surface area (Å²) < 4.78 is 1.73. The fourth-order valence-corrected chi connectivity index (χ4v) is 7.65. The molecule has 0 bridgehead atoms. The van der Waals surface area contributed by atoms with E-state index in [0.29, 0.717) is 49.9 Å². The summed E-state index contributed by atoms with van der Waals surface area (Å²) in [6, 6.07) is 5.47. The lowest BCUT2D eigenvalue weighted by Gasteiger charge is -2.39. The molecular weight excluding hydrogens is 748 g/mol. The van der Waals surface area contributed by atoms with Crippen molar-refractivity contribution in [1.29, 1.82) is 0 Å². The minimum atomic E-state index is -2.44. The van der Waals surface area contributed by atoms with Gasteiger partial charge in [0.2, 0.25) is 5.72 Å². The van der Waals surface area contributed by atoms with Crippen LogP contribution in [0.5, 0.6) is 0 Å². The first-order valence-electron chi connectivity index (χ1n) is 15.8. The number of guanidine groups is 2. The molecule has 0 saturated carbocycles. The van der Waals surface area contributed by atoms with Crippen LogP contribution in [0.2, 0.25) is 0 Å². The molecule has 1 aromatic carbocycles. The Bertz CT molecular complexity index is 1700. The average molecular weight is 791 g/mol. The monoisotopic (exact) mass is 788 g/mol. The summed E-state index contributed by atoms with van der Waals surface area (Å²) in [5.74, 6) is -3.28. The van der Waals surface area contributed by atoms with Crippen LogP contribution in [0.4, 0.5) is 0 Å². The normalized spacial score (nSPS) is 26.1. The number of unbranched alkanes of at least 4 members (excludes halogenated alkanes) is 2. The number of hydrogen-bond acceptors (Lipinski definition) is 7. The summed E-state index contributed by atoms with van der Waals surface area (Å²) in [6.45, 7) is 0.843. The summed E-state index contributed by atoms with van der Waals surface area (Å²) in [7, 11) is 0. The van der Waals surface area contributed by atoms with Crippen molar-refractivity contribution in [2.75, 3.05) is 26.2 Å². The van der Waals surface area contributed by atoms with Gasteiger partial charge in [-0.2, -0.15) is 0 Å². The van der Waals surface area contributed by atoms with Gasteiger partial charge in [0.25, 0.3) is 11.8 Å². The summed E-state index contributed by atoms with van der Waals surface area (Å²) in [4.78, 5) is 41.2. The van der Waals surface area contributed by atoms with Gasteiger partial charge in [0.05, 0.1) is 12.0 Å². The number of amides is 2. The molecule has 2 unspecified atom stereocenters. The van der Waals surface area contributed by atoms with Gasteiger partial charge in [-0.15, -0.1) is 0 Å². The van der Waals surface area contributed by atoms with Gasteiger partial charge in [-0.3, -0.25) is 19.6 Å². The van der Waals surface area contributed by atoms with E-state index in [-0.39, 0.29) is 43.4 Å². The largest absolute Gasteiger partial charge is 0.384 e. The van der Waals surface area contributed by atoms with Gasteiger partial charge < -0.3 is 53.7 Å². The molecule has 2 amide bonds. The van der Waals surface area contributed by atoms with Gasteiger partial charge in [0.1, 0.15) is 0 Å². The third-order valence-electron chi connectivity index (χ3n) is 9.03. The first-order valence-corrected chi connectivity index (χ1v) is 17.4. The highest BCUT2D eigenvalue weighted by atomic mass is 79.9. The SMILES string of the molecule is NC(N)=NCCCCNC(=O)[C@@]1(O)[C@H](C2=CNC3C=C(Br)C=CC23)[C@@](O)(Cc2c[nH]c3cc(Br)ccc23)C(=O)N1CCCCN=C(N)N. The molecule has 1 saturated heterocycles. The highest BCUT2D eigenvalue weighted by Gasteiger charge is 2.71. The van der Waals surface area contributed by atoms with Crippen LogP contribution in [0.1, 0.15) is 31.2 Å². The number of fused-ring (bicyclic) bond motifs is 2. The number of hydrogen-bond donors (Lipinski definition) is 9. The van der Waals surface area contributed by atoms with Gasteiger partial charge in [-0.25, -0.2) is 0 Å². The van der Waals surface area contributed by atoms with E-state index < -0.39 is 29.1 Å². The number of carbonyl (C=O) groups is 2. The molecule has 3 aliphatic rings. The molecule has 3 heterocycles. The molecule has 0 spiro atoms. The Hall–Kier alpha value is -3.86. The number of nitrogens with zero attached hydrogens (tertiary/aromatic N) is 3. The fraction of sp³-hybridized carbons (Fsp3) is 0.438. The Labute approximate surface area is 295 Å². The summed E-state index contributed by atoms with van der Waals surface area (Å²) in [6.07, 6.45) is 11.0. The number of nitrogens with two attached hydrogens (primary N) is 4. The second-order valence-electron chi connectivity index (χ2n) is 12.3. The molecule has 48 heavy (non-hydrogen) atoms. The number of aromatic nitrogens is 1. The second-order valence-corrected chi connectivity index (χ2v) is 14.1. The van der Waals surface area contributed by atoms with Gasteiger partial charge in [0, 0.05) is 64.6 Å². The van der Waals surface area contributed by atoms with Gasteiger partial charge in [-0.1, -0.05) is 50.1 Å². The highest BCUT2D eigenvalue weighted by Crippen LogP contribution is 2.51. The number of likely N-dealkylation sites (tertiary alicyclic amines) is 1. The molecule has 258 valence electrons. The molecular formula is C32H42Br2N10O4. The van der Waals surface area contributed by atoms with Crippen molar-refractivity contribution in [3.8, 4) is 0 Å². The zero-order valence-corrected chi connectivity index (χ0v) is 29.5. The van der Waals surface area contributed by atoms with Crippen LogP contribution < -0.4 is 33.6 Å². The van der Waals surface area contributed by atoms with Crippen molar-refractivity contribution in [2.45, 2.75) is 49.5 Å². The third kappa shape index (κ3) is 7.11. The Morgan fingerprint density at radius 1 is 1.04 bits per heavy atom. The quantitative estimate of drug-likeness (QED) is 0.0749. The highest BCUT2D eigenvalue weighted by molar-refractivity contribution is 9.12. The van der Waals surface area contributed by atoms with Crippen LogP contribution in [0.3, 0.4) is 0 Å². The predicted molar refractivity (Wildman–Crippen MR) is 192 cm³/mol. The van der Waals surface area contributed by atoms with Crippen LogP contribution in [-0.4, -0.2) is 87.4 Å². The molecule has 5 atom stereocenters. The van der Waals surface area contributed by atoms with Crippen LogP contribution >= 0.6 is 31.9 Å². The number of H-pyrrole nitrogens is 1. The maximum atomic E-state index is 14.6. The molecule has 5 rings (SSSR count). The van der Waals surface area contributed by atoms with Crippen molar-refractivity contribution in [1.82, 2.24) is 20.5 Å². The molecule has 16 heteroatoms. The van der Waals surface area contributed by atoms with Gasteiger partial charge in [-0.05, 0) is 61.2 Å². The zero-order valence-electron chi connectivity index (χ0n) is 26.3. The van der Waals surface area contributed by atoms with E-state index in [1.807, 2.05) is 36.4 Å².